The first-order valence-electron chi connectivity index (χ1n) is 6.04. The number of primary amides is 1. The number of hydrogen-bond donors (Lipinski definition) is 1. The molecule has 0 fully saturated rings. The molecule has 5 heteroatoms. The smallest absolute Gasteiger partial charge is 0.344 e. The lowest BCUT2D eigenvalue weighted by atomic mass is 10.1. The maximum atomic E-state index is 11.4. The van der Waals surface area contributed by atoms with E-state index in [1.54, 1.807) is 0 Å². The molecule has 0 spiro atoms. The van der Waals surface area contributed by atoms with Crippen LogP contribution in [0.25, 0.3) is 0 Å². The molecular weight excluding hydrogens is 246 g/mol. The Hall–Kier alpha value is -2.04. The Kier molecular flexibility index (Phi) is 5.36. The molecule has 0 unspecified atom stereocenters. The zero-order valence-electron chi connectivity index (χ0n) is 11.5. The van der Waals surface area contributed by atoms with Gasteiger partial charge in [0.25, 0.3) is 0 Å². The molecular formula is C14H19NO4. The maximum Gasteiger partial charge on any atom is 0.344 e. The summed E-state index contributed by atoms with van der Waals surface area (Å²) in [6.45, 7) is 5.66. The van der Waals surface area contributed by atoms with Crippen molar-refractivity contribution in [3.8, 4) is 5.75 Å². The molecule has 2 N–H and O–H groups in total. The minimum Gasteiger partial charge on any atom is -0.481 e. The number of carbonyl (C=O) groups is 2. The molecule has 0 bridgehead atoms. The van der Waals surface area contributed by atoms with Crippen molar-refractivity contribution in [1.29, 1.82) is 0 Å². The lowest BCUT2D eigenvalue weighted by molar-refractivity contribution is -0.146. The van der Waals surface area contributed by atoms with Gasteiger partial charge in [0.15, 0.2) is 6.61 Å². The van der Waals surface area contributed by atoms with Gasteiger partial charge in [0.05, 0.1) is 6.42 Å². The molecule has 0 atom stereocenters. The molecule has 0 aromatic heterocycles. The van der Waals surface area contributed by atoms with Gasteiger partial charge in [-0.25, -0.2) is 4.79 Å². The van der Waals surface area contributed by atoms with E-state index in [4.69, 9.17) is 15.2 Å². The van der Waals surface area contributed by atoms with E-state index in [1.807, 2.05) is 32.9 Å². The third-order valence-electron chi connectivity index (χ3n) is 2.55. The molecule has 104 valence electrons. The second kappa shape index (κ2) is 6.78. The van der Waals surface area contributed by atoms with Crippen molar-refractivity contribution in [2.24, 2.45) is 5.73 Å². The average molecular weight is 265 g/mol. The molecule has 19 heavy (non-hydrogen) atoms. The van der Waals surface area contributed by atoms with Crippen molar-refractivity contribution in [3.05, 3.63) is 28.8 Å². The zero-order valence-corrected chi connectivity index (χ0v) is 11.5. The lowest BCUT2D eigenvalue weighted by Gasteiger charge is -2.12. The van der Waals surface area contributed by atoms with Crippen LogP contribution in [0.15, 0.2) is 12.1 Å². The fourth-order valence-electron chi connectivity index (χ4n) is 1.83. The first-order valence-corrected chi connectivity index (χ1v) is 6.04. The molecule has 1 aromatic carbocycles. The van der Waals surface area contributed by atoms with E-state index in [9.17, 15) is 9.59 Å². The highest BCUT2D eigenvalue weighted by Gasteiger charge is 2.09. The zero-order chi connectivity index (χ0) is 14.4. The van der Waals surface area contributed by atoms with Gasteiger partial charge < -0.3 is 15.2 Å². The van der Waals surface area contributed by atoms with E-state index in [2.05, 4.69) is 0 Å². The first kappa shape index (κ1) is 15.0. The van der Waals surface area contributed by atoms with Crippen LogP contribution in [0.5, 0.6) is 5.75 Å². The Morgan fingerprint density at radius 3 is 2.26 bits per heavy atom. The topological polar surface area (TPSA) is 78.6 Å². The number of ether oxygens (including phenoxy) is 2. The number of aryl methyl sites for hydroxylation is 3. The summed E-state index contributed by atoms with van der Waals surface area (Å²) < 4.78 is 10.3. The summed E-state index contributed by atoms with van der Waals surface area (Å²) in [7, 11) is 0. The SMILES string of the molecule is Cc1cc(C)c(OCC(=O)OCCC(N)=O)c(C)c1. The Morgan fingerprint density at radius 1 is 1.16 bits per heavy atom. The predicted octanol–water partition coefficient (Wildman–Crippen LogP) is 1.41. The van der Waals surface area contributed by atoms with Gasteiger partial charge in [-0.3, -0.25) is 4.79 Å². The van der Waals surface area contributed by atoms with Crippen LogP contribution in [0.1, 0.15) is 23.1 Å². The molecule has 1 rings (SSSR count). The van der Waals surface area contributed by atoms with Crippen molar-refractivity contribution < 1.29 is 19.1 Å². The maximum absolute atomic E-state index is 11.4. The Labute approximate surface area is 112 Å². The summed E-state index contributed by atoms with van der Waals surface area (Å²) in [5.41, 5.74) is 8.03. The number of carbonyl (C=O) groups excluding carboxylic acids is 2. The number of rotatable bonds is 6. The number of nitrogens with two attached hydrogens (primary N) is 1. The Morgan fingerprint density at radius 2 is 1.74 bits per heavy atom. The molecule has 1 amide bonds. The molecule has 5 nitrogen and oxygen atoms in total. The van der Waals surface area contributed by atoms with E-state index in [1.165, 1.54) is 0 Å². The fraction of sp³-hybridized carbons (Fsp3) is 0.429. The van der Waals surface area contributed by atoms with Gasteiger partial charge in [0.2, 0.25) is 5.91 Å². The monoisotopic (exact) mass is 265 g/mol. The van der Waals surface area contributed by atoms with Gasteiger partial charge >= 0.3 is 5.97 Å². The summed E-state index contributed by atoms with van der Waals surface area (Å²) >= 11 is 0. The molecule has 0 saturated heterocycles. The summed E-state index contributed by atoms with van der Waals surface area (Å²) in [5.74, 6) is -0.322. The highest BCUT2D eigenvalue weighted by molar-refractivity contribution is 5.75. The average Bonchev–Trinajstić information content (AvgIpc) is 2.26. The number of esters is 1. The van der Waals surface area contributed by atoms with Crippen LogP contribution < -0.4 is 10.5 Å². The molecule has 0 aliphatic rings. The van der Waals surface area contributed by atoms with Gasteiger partial charge in [-0.2, -0.15) is 0 Å². The van der Waals surface area contributed by atoms with E-state index in [0.29, 0.717) is 5.75 Å². The molecule has 0 heterocycles. The van der Waals surface area contributed by atoms with E-state index < -0.39 is 11.9 Å². The normalized spacial score (nSPS) is 10.1. The van der Waals surface area contributed by atoms with Crippen LogP contribution >= 0.6 is 0 Å². The highest BCUT2D eigenvalue weighted by Crippen LogP contribution is 2.24. The summed E-state index contributed by atoms with van der Waals surface area (Å²) in [6.07, 6.45) is 0.0222. The molecule has 0 radical (unpaired) electrons. The van der Waals surface area contributed by atoms with Crippen molar-refractivity contribution in [1.82, 2.24) is 0 Å². The summed E-state index contributed by atoms with van der Waals surface area (Å²) in [6, 6.07) is 3.97. The van der Waals surface area contributed by atoms with E-state index in [-0.39, 0.29) is 19.6 Å². The van der Waals surface area contributed by atoms with E-state index >= 15 is 0 Å². The van der Waals surface area contributed by atoms with Crippen LogP contribution in [0.2, 0.25) is 0 Å². The third-order valence-corrected chi connectivity index (χ3v) is 2.55. The Bertz CT molecular complexity index is 459. The van der Waals surface area contributed by atoms with Gasteiger partial charge in [0, 0.05) is 0 Å². The number of hydrogen-bond acceptors (Lipinski definition) is 4. The second-order valence-corrected chi connectivity index (χ2v) is 4.45. The van der Waals surface area contributed by atoms with Gasteiger partial charge in [-0.15, -0.1) is 0 Å². The predicted molar refractivity (Wildman–Crippen MR) is 70.9 cm³/mol. The van der Waals surface area contributed by atoms with Gasteiger partial charge in [-0.05, 0) is 31.9 Å². The standard InChI is InChI=1S/C14H19NO4/c1-9-6-10(2)14(11(3)7-9)19-8-13(17)18-5-4-12(15)16/h6-7H,4-5,8H2,1-3H3,(H2,15,16). The van der Waals surface area contributed by atoms with Gasteiger partial charge in [0.1, 0.15) is 12.4 Å². The lowest BCUT2D eigenvalue weighted by Crippen LogP contribution is -2.19. The van der Waals surface area contributed by atoms with Crippen LogP contribution in [-0.2, 0) is 14.3 Å². The van der Waals surface area contributed by atoms with Crippen molar-refractivity contribution in [3.63, 3.8) is 0 Å². The third kappa shape index (κ3) is 4.99. The quantitative estimate of drug-likeness (QED) is 0.789. The Balaban J connectivity index is 2.48. The van der Waals surface area contributed by atoms with Crippen LogP contribution in [-0.4, -0.2) is 25.1 Å². The van der Waals surface area contributed by atoms with Gasteiger partial charge in [-0.1, -0.05) is 17.7 Å². The number of benzene rings is 1. The second-order valence-electron chi connectivity index (χ2n) is 4.45. The van der Waals surface area contributed by atoms with Crippen LogP contribution in [0, 0.1) is 20.8 Å². The van der Waals surface area contributed by atoms with Crippen molar-refractivity contribution >= 4 is 11.9 Å². The largest absolute Gasteiger partial charge is 0.481 e. The molecule has 0 saturated carbocycles. The van der Waals surface area contributed by atoms with Crippen LogP contribution in [0.3, 0.4) is 0 Å². The fourth-order valence-corrected chi connectivity index (χ4v) is 1.83. The number of amides is 1. The molecule has 0 aliphatic carbocycles. The van der Waals surface area contributed by atoms with Crippen molar-refractivity contribution in [2.45, 2.75) is 27.2 Å². The molecule has 1 aromatic rings. The van der Waals surface area contributed by atoms with Crippen molar-refractivity contribution in [2.75, 3.05) is 13.2 Å². The minimum absolute atomic E-state index is 0.0105. The summed E-state index contributed by atoms with van der Waals surface area (Å²) in [5, 5.41) is 0. The minimum atomic E-state index is -0.513. The molecule has 0 aliphatic heterocycles. The van der Waals surface area contributed by atoms with E-state index in [0.717, 1.165) is 16.7 Å². The van der Waals surface area contributed by atoms with Crippen LogP contribution in [0.4, 0.5) is 0 Å². The highest BCUT2D eigenvalue weighted by atomic mass is 16.6. The first-order chi connectivity index (χ1) is 8.90. The summed E-state index contributed by atoms with van der Waals surface area (Å²) in [4.78, 5) is 21.9.